The Labute approximate surface area is 139 Å². The average Bonchev–Trinajstić information content (AvgIpc) is 2.89. The van der Waals surface area contributed by atoms with Crippen LogP contribution in [0.15, 0.2) is 48.8 Å². The molecule has 4 heterocycles. The summed E-state index contributed by atoms with van der Waals surface area (Å²) >= 11 is 0. The quantitative estimate of drug-likeness (QED) is 0.622. The zero-order chi connectivity index (χ0) is 16.5. The summed E-state index contributed by atoms with van der Waals surface area (Å²) in [5, 5.41) is 5.42. The van der Waals surface area contributed by atoms with Gasteiger partial charge in [-0.1, -0.05) is 6.07 Å². The molecule has 0 unspecified atom stereocenters. The monoisotopic (exact) mass is 319 g/mol. The van der Waals surface area contributed by atoms with Crippen LogP contribution in [0.5, 0.6) is 5.88 Å². The van der Waals surface area contributed by atoms with Crippen molar-refractivity contribution in [1.82, 2.24) is 19.5 Å². The molecule has 0 aliphatic heterocycles. The Bertz CT molecular complexity index is 1020. The SMILES string of the molecule is CCOc1cccc(Nc2ccc3c4cnccc4n(C)c3n2)n1. The molecule has 4 rings (SSSR count). The van der Waals surface area contributed by atoms with Crippen molar-refractivity contribution in [2.45, 2.75) is 6.92 Å². The minimum atomic E-state index is 0.588. The Morgan fingerprint density at radius 1 is 1.04 bits per heavy atom. The van der Waals surface area contributed by atoms with Crippen LogP contribution in [0.25, 0.3) is 21.9 Å². The van der Waals surface area contributed by atoms with E-state index in [4.69, 9.17) is 9.72 Å². The number of nitrogens with zero attached hydrogens (tertiary/aromatic N) is 4. The Kier molecular flexibility index (Phi) is 3.49. The predicted octanol–water partition coefficient (Wildman–Crippen LogP) is 3.66. The minimum Gasteiger partial charge on any atom is -0.478 e. The van der Waals surface area contributed by atoms with Gasteiger partial charge in [0.15, 0.2) is 0 Å². The lowest BCUT2D eigenvalue weighted by molar-refractivity contribution is 0.327. The molecule has 0 bridgehead atoms. The van der Waals surface area contributed by atoms with E-state index in [2.05, 4.69) is 25.9 Å². The lowest BCUT2D eigenvalue weighted by atomic mass is 10.2. The van der Waals surface area contributed by atoms with E-state index in [1.54, 1.807) is 6.20 Å². The molecule has 120 valence electrons. The molecular weight excluding hydrogens is 302 g/mol. The Morgan fingerprint density at radius 2 is 1.92 bits per heavy atom. The van der Waals surface area contributed by atoms with E-state index in [1.165, 1.54) is 0 Å². The minimum absolute atomic E-state index is 0.588. The van der Waals surface area contributed by atoms with Crippen LogP contribution in [-0.4, -0.2) is 26.1 Å². The highest BCUT2D eigenvalue weighted by Crippen LogP contribution is 2.27. The number of hydrogen-bond donors (Lipinski definition) is 1. The summed E-state index contributed by atoms with van der Waals surface area (Å²) in [6.07, 6.45) is 3.67. The van der Waals surface area contributed by atoms with Gasteiger partial charge in [0.25, 0.3) is 0 Å². The molecule has 0 saturated heterocycles. The van der Waals surface area contributed by atoms with Crippen LogP contribution in [0, 0.1) is 0 Å². The highest BCUT2D eigenvalue weighted by atomic mass is 16.5. The second-order valence-corrected chi connectivity index (χ2v) is 5.44. The molecule has 1 N–H and O–H groups in total. The van der Waals surface area contributed by atoms with E-state index in [1.807, 2.05) is 50.5 Å². The molecule has 6 heteroatoms. The second-order valence-electron chi connectivity index (χ2n) is 5.44. The van der Waals surface area contributed by atoms with Gasteiger partial charge in [0.05, 0.1) is 12.1 Å². The van der Waals surface area contributed by atoms with Crippen LogP contribution in [-0.2, 0) is 7.05 Å². The maximum absolute atomic E-state index is 5.43. The highest BCUT2D eigenvalue weighted by Gasteiger charge is 2.10. The third kappa shape index (κ3) is 2.42. The van der Waals surface area contributed by atoms with Crippen molar-refractivity contribution in [1.29, 1.82) is 0 Å². The van der Waals surface area contributed by atoms with Crippen molar-refractivity contribution in [2.75, 3.05) is 11.9 Å². The molecular formula is C18H17N5O. The first-order chi connectivity index (χ1) is 11.8. The number of hydrogen-bond acceptors (Lipinski definition) is 5. The largest absolute Gasteiger partial charge is 0.478 e. The fourth-order valence-corrected chi connectivity index (χ4v) is 2.83. The van der Waals surface area contributed by atoms with Gasteiger partial charge in [0.2, 0.25) is 5.88 Å². The zero-order valence-electron chi connectivity index (χ0n) is 13.5. The number of ether oxygens (including phenoxy) is 1. The van der Waals surface area contributed by atoms with Crippen LogP contribution in [0.4, 0.5) is 11.6 Å². The Morgan fingerprint density at radius 3 is 2.79 bits per heavy atom. The van der Waals surface area contributed by atoms with Gasteiger partial charge in [0, 0.05) is 36.3 Å². The molecule has 0 fully saturated rings. The first kappa shape index (κ1) is 14.4. The molecule has 24 heavy (non-hydrogen) atoms. The van der Waals surface area contributed by atoms with Gasteiger partial charge in [0.1, 0.15) is 17.3 Å². The number of nitrogens with one attached hydrogen (secondary N) is 1. The van der Waals surface area contributed by atoms with Gasteiger partial charge in [-0.15, -0.1) is 0 Å². The Hall–Kier alpha value is -3.15. The number of rotatable bonds is 4. The summed E-state index contributed by atoms with van der Waals surface area (Å²) < 4.78 is 7.50. The van der Waals surface area contributed by atoms with Crippen molar-refractivity contribution in [3.63, 3.8) is 0 Å². The highest BCUT2D eigenvalue weighted by molar-refractivity contribution is 6.06. The fourth-order valence-electron chi connectivity index (χ4n) is 2.83. The molecule has 0 spiro atoms. The molecule has 4 aromatic heterocycles. The van der Waals surface area contributed by atoms with E-state index in [-0.39, 0.29) is 0 Å². The number of aromatic nitrogens is 4. The molecule has 0 radical (unpaired) electrons. The number of anilines is 2. The summed E-state index contributed by atoms with van der Waals surface area (Å²) in [4.78, 5) is 13.4. The maximum atomic E-state index is 5.43. The normalized spacial score (nSPS) is 11.1. The topological polar surface area (TPSA) is 64.9 Å². The number of aryl methyl sites for hydroxylation is 1. The molecule has 0 aromatic carbocycles. The van der Waals surface area contributed by atoms with Gasteiger partial charge in [-0.3, -0.25) is 4.98 Å². The van der Waals surface area contributed by atoms with Crippen LogP contribution >= 0.6 is 0 Å². The van der Waals surface area contributed by atoms with Crippen molar-refractivity contribution in [3.05, 3.63) is 48.8 Å². The van der Waals surface area contributed by atoms with Gasteiger partial charge >= 0.3 is 0 Å². The molecule has 0 aliphatic rings. The Balaban J connectivity index is 1.74. The average molecular weight is 319 g/mol. The summed E-state index contributed by atoms with van der Waals surface area (Å²) in [6, 6.07) is 11.6. The van der Waals surface area contributed by atoms with E-state index in [0.29, 0.717) is 18.3 Å². The maximum Gasteiger partial charge on any atom is 0.215 e. The lowest BCUT2D eigenvalue weighted by Gasteiger charge is -2.07. The fraction of sp³-hybridized carbons (Fsp3) is 0.167. The third-order valence-electron chi connectivity index (χ3n) is 3.91. The summed E-state index contributed by atoms with van der Waals surface area (Å²) in [5.74, 6) is 2.04. The molecule has 0 aliphatic carbocycles. The van der Waals surface area contributed by atoms with Crippen molar-refractivity contribution < 1.29 is 4.74 Å². The second kappa shape index (κ2) is 5.81. The van der Waals surface area contributed by atoms with Crippen LogP contribution in [0.1, 0.15) is 6.92 Å². The van der Waals surface area contributed by atoms with E-state index >= 15 is 0 Å². The van der Waals surface area contributed by atoms with E-state index in [0.717, 1.165) is 27.8 Å². The van der Waals surface area contributed by atoms with Crippen LogP contribution < -0.4 is 10.1 Å². The van der Waals surface area contributed by atoms with Crippen molar-refractivity contribution >= 4 is 33.6 Å². The van der Waals surface area contributed by atoms with E-state index < -0.39 is 0 Å². The molecule has 0 saturated carbocycles. The molecule has 4 aromatic rings. The number of pyridine rings is 3. The van der Waals surface area contributed by atoms with Gasteiger partial charge in [-0.2, -0.15) is 4.98 Å². The summed E-state index contributed by atoms with van der Waals surface area (Å²) in [5.41, 5.74) is 2.02. The van der Waals surface area contributed by atoms with E-state index in [9.17, 15) is 0 Å². The molecule has 6 nitrogen and oxygen atoms in total. The summed E-state index contributed by atoms with van der Waals surface area (Å²) in [7, 11) is 2.01. The first-order valence-corrected chi connectivity index (χ1v) is 7.82. The number of fused-ring (bicyclic) bond motifs is 3. The summed E-state index contributed by atoms with van der Waals surface area (Å²) in [6.45, 7) is 2.52. The lowest BCUT2D eigenvalue weighted by Crippen LogP contribution is -2.00. The van der Waals surface area contributed by atoms with Gasteiger partial charge < -0.3 is 14.6 Å². The first-order valence-electron chi connectivity index (χ1n) is 7.82. The predicted molar refractivity (Wildman–Crippen MR) is 94.7 cm³/mol. The molecule has 0 atom stereocenters. The van der Waals surface area contributed by atoms with Crippen molar-refractivity contribution in [3.8, 4) is 5.88 Å². The smallest absolute Gasteiger partial charge is 0.215 e. The molecule has 0 amide bonds. The van der Waals surface area contributed by atoms with Gasteiger partial charge in [-0.05, 0) is 31.2 Å². The third-order valence-corrected chi connectivity index (χ3v) is 3.91. The van der Waals surface area contributed by atoms with Crippen molar-refractivity contribution in [2.24, 2.45) is 7.05 Å². The van der Waals surface area contributed by atoms with Crippen LogP contribution in [0.3, 0.4) is 0 Å². The zero-order valence-corrected chi connectivity index (χ0v) is 13.5. The van der Waals surface area contributed by atoms with Gasteiger partial charge in [-0.25, -0.2) is 4.98 Å². The standard InChI is InChI=1S/C18H17N5O/c1-3-24-17-6-4-5-15(21-17)20-16-8-7-12-13-11-19-10-9-14(13)23(2)18(12)22-16/h4-11H,3H2,1-2H3,(H,20,21,22). The van der Waals surface area contributed by atoms with Crippen LogP contribution in [0.2, 0.25) is 0 Å².